The van der Waals surface area contributed by atoms with Crippen molar-refractivity contribution >= 4 is 40.4 Å². The molecule has 5 aromatic rings. The first-order valence-corrected chi connectivity index (χ1v) is 10.9. The molecule has 2 heterocycles. The molecule has 0 atom stereocenters. The Labute approximate surface area is 208 Å². The maximum Gasteiger partial charge on any atom is 0.214 e. The van der Waals surface area contributed by atoms with Gasteiger partial charge in [-0.05, 0) is 48.5 Å². The molecule has 36 heavy (non-hydrogen) atoms. The molecule has 0 aliphatic carbocycles. The third kappa shape index (κ3) is 3.96. The number of nitrogen functional groups attached to an aromatic ring is 1. The number of fused-ring (bicyclic) bond motifs is 1. The smallest absolute Gasteiger partial charge is 0.214 e. The van der Waals surface area contributed by atoms with Gasteiger partial charge in [-0.1, -0.05) is 17.7 Å². The number of aromatic nitrogens is 3. The van der Waals surface area contributed by atoms with Crippen LogP contribution in [0.4, 0.5) is 10.2 Å². The summed E-state index contributed by atoms with van der Waals surface area (Å²) >= 11 is 6.43. The van der Waals surface area contributed by atoms with Crippen LogP contribution in [0, 0.1) is 17.1 Å². The Kier molecular flexibility index (Phi) is 5.72. The van der Waals surface area contributed by atoms with Crippen LogP contribution >= 0.6 is 11.6 Å². The van der Waals surface area contributed by atoms with Crippen LogP contribution in [0.25, 0.3) is 16.6 Å². The first-order chi connectivity index (χ1) is 17.4. The Morgan fingerprint density at radius 2 is 2.03 bits per heavy atom. The van der Waals surface area contributed by atoms with Gasteiger partial charge in [0.15, 0.2) is 11.6 Å². The normalized spacial score (nSPS) is 10.8. The fourth-order valence-corrected chi connectivity index (χ4v) is 3.99. The number of nitriles is 1. The van der Waals surface area contributed by atoms with Crippen LogP contribution in [-0.2, 0) is 0 Å². The number of hydrogen-bond acceptors (Lipinski definition) is 6. The molecule has 3 aromatic carbocycles. The third-order valence-electron chi connectivity index (χ3n) is 5.54. The topological polar surface area (TPSA) is 127 Å². The summed E-state index contributed by atoms with van der Waals surface area (Å²) in [6, 6.07) is 17.2. The van der Waals surface area contributed by atoms with Gasteiger partial charge < -0.3 is 15.5 Å². The first-order valence-electron chi connectivity index (χ1n) is 10.5. The molecular weight excluding hydrogens is 485 g/mol. The molecule has 10 heteroatoms. The van der Waals surface area contributed by atoms with Crippen LogP contribution in [-0.4, -0.2) is 26.8 Å². The van der Waals surface area contributed by atoms with Crippen LogP contribution in [0.15, 0.2) is 66.9 Å². The number of halogens is 2. The second-order valence-electron chi connectivity index (χ2n) is 7.78. The van der Waals surface area contributed by atoms with Crippen molar-refractivity contribution in [2.24, 2.45) is 0 Å². The van der Waals surface area contributed by atoms with E-state index >= 15 is 0 Å². The number of benzene rings is 3. The number of nitrogens with one attached hydrogen (secondary N) is 1. The number of hydrogen-bond donors (Lipinski definition) is 2. The van der Waals surface area contributed by atoms with Crippen LogP contribution in [0.5, 0.6) is 11.5 Å². The van der Waals surface area contributed by atoms with Crippen LogP contribution < -0.4 is 10.5 Å². The minimum Gasteiger partial charge on any atom is -0.454 e. The molecule has 0 radical (unpaired) electrons. The quantitative estimate of drug-likeness (QED) is 0.237. The fourth-order valence-electron chi connectivity index (χ4n) is 3.74. The highest BCUT2D eigenvalue weighted by atomic mass is 35.5. The lowest BCUT2D eigenvalue weighted by Gasteiger charge is -2.11. The largest absolute Gasteiger partial charge is 0.454 e. The molecule has 0 unspecified atom stereocenters. The second-order valence-corrected chi connectivity index (χ2v) is 8.18. The molecule has 0 spiro atoms. The number of aldehydes is 1. The van der Waals surface area contributed by atoms with Crippen molar-refractivity contribution in [2.75, 3.05) is 5.73 Å². The van der Waals surface area contributed by atoms with Crippen molar-refractivity contribution in [1.82, 2.24) is 14.8 Å². The van der Waals surface area contributed by atoms with E-state index in [1.54, 1.807) is 36.4 Å². The van der Waals surface area contributed by atoms with Gasteiger partial charge in [0.1, 0.15) is 23.9 Å². The van der Waals surface area contributed by atoms with Crippen LogP contribution in [0.2, 0.25) is 5.02 Å². The lowest BCUT2D eigenvalue weighted by Crippen LogP contribution is -2.08. The maximum atomic E-state index is 14.3. The van der Waals surface area contributed by atoms with E-state index in [-0.39, 0.29) is 44.9 Å². The number of ketones is 1. The summed E-state index contributed by atoms with van der Waals surface area (Å²) in [7, 11) is 0. The summed E-state index contributed by atoms with van der Waals surface area (Å²) in [5, 5.41) is 14.1. The van der Waals surface area contributed by atoms with E-state index in [4.69, 9.17) is 27.3 Å². The number of nitrogens with zero attached hydrogens (tertiary/aromatic N) is 3. The van der Waals surface area contributed by atoms with Crippen molar-refractivity contribution in [2.45, 2.75) is 0 Å². The van der Waals surface area contributed by atoms with E-state index in [2.05, 4.69) is 10.1 Å². The highest BCUT2D eigenvalue weighted by Gasteiger charge is 2.21. The Morgan fingerprint density at radius 3 is 2.78 bits per heavy atom. The number of ether oxygens (including phenoxy) is 1. The van der Waals surface area contributed by atoms with Crippen molar-refractivity contribution in [1.29, 1.82) is 5.26 Å². The Morgan fingerprint density at radius 1 is 1.19 bits per heavy atom. The van der Waals surface area contributed by atoms with Gasteiger partial charge >= 0.3 is 0 Å². The van der Waals surface area contributed by atoms with Gasteiger partial charge in [-0.25, -0.2) is 9.07 Å². The lowest BCUT2D eigenvalue weighted by atomic mass is 10.1. The van der Waals surface area contributed by atoms with Crippen molar-refractivity contribution in [3.8, 4) is 23.3 Å². The molecule has 8 nitrogen and oxygen atoms in total. The molecule has 2 aromatic heterocycles. The fraction of sp³-hybridized carbons (Fsp3) is 0. The molecule has 0 amide bonds. The van der Waals surface area contributed by atoms with Crippen molar-refractivity contribution in [3.63, 3.8) is 0 Å². The zero-order valence-corrected chi connectivity index (χ0v) is 19.1. The maximum absolute atomic E-state index is 14.3. The average Bonchev–Trinajstić information content (AvgIpc) is 3.48. The van der Waals surface area contributed by atoms with E-state index < -0.39 is 5.82 Å². The SMILES string of the molecule is N#Cc1cccc(Oc2ccc(-n3ncc(C(=O)c4cc5cc(C=O)ccc5[nH]4)c3N)c(Cl)c2)c1F. The Balaban J connectivity index is 1.43. The number of rotatable bonds is 6. The molecule has 0 fully saturated rings. The number of aromatic amines is 1. The minimum atomic E-state index is -0.779. The number of nitrogens with two attached hydrogens (primary N) is 1. The molecule has 0 aliphatic rings. The molecule has 0 aliphatic heterocycles. The second kappa shape index (κ2) is 9.02. The number of carbonyl (C=O) groups is 2. The molecule has 3 N–H and O–H groups in total. The Bertz CT molecular complexity index is 1720. The summed E-state index contributed by atoms with van der Waals surface area (Å²) in [4.78, 5) is 27.2. The summed E-state index contributed by atoms with van der Waals surface area (Å²) in [5.41, 5.74) is 8.12. The summed E-state index contributed by atoms with van der Waals surface area (Å²) in [6.07, 6.45) is 2.07. The van der Waals surface area contributed by atoms with Crippen molar-refractivity contribution < 1.29 is 18.7 Å². The average molecular weight is 500 g/mol. The molecule has 0 saturated heterocycles. The van der Waals surface area contributed by atoms with Gasteiger partial charge in [0.2, 0.25) is 5.78 Å². The zero-order chi connectivity index (χ0) is 25.4. The predicted molar refractivity (Wildman–Crippen MR) is 131 cm³/mol. The van der Waals surface area contributed by atoms with Gasteiger partial charge in [0.05, 0.1) is 33.7 Å². The summed E-state index contributed by atoms with van der Waals surface area (Å²) in [6.45, 7) is 0. The van der Waals surface area contributed by atoms with E-state index in [1.165, 1.54) is 41.2 Å². The van der Waals surface area contributed by atoms with E-state index in [9.17, 15) is 14.0 Å². The minimum absolute atomic E-state index is 0.0653. The van der Waals surface area contributed by atoms with Gasteiger partial charge in [0, 0.05) is 22.5 Å². The molecule has 176 valence electrons. The molecule has 5 rings (SSSR count). The monoisotopic (exact) mass is 499 g/mol. The van der Waals surface area contributed by atoms with Crippen molar-refractivity contribution in [3.05, 3.63) is 100 Å². The predicted octanol–water partition coefficient (Wildman–Crippen LogP) is 5.44. The summed E-state index contributed by atoms with van der Waals surface area (Å²) in [5.74, 6) is -0.989. The zero-order valence-electron chi connectivity index (χ0n) is 18.3. The Hall–Kier alpha value is -4.94. The van der Waals surface area contributed by atoms with Gasteiger partial charge in [-0.15, -0.1) is 0 Å². The molecule has 0 bridgehead atoms. The number of anilines is 1. The van der Waals surface area contributed by atoms with E-state index in [0.29, 0.717) is 22.2 Å². The highest BCUT2D eigenvalue weighted by Crippen LogP contribution is 2.32. The first kappa shape index (κ1) is 22.8. The van der Waals surface area contributed by atoms with Gasteiger partial charge in [-0.2, -0.15) is 10.4 Å². The number of carbonyl (C=O) groups excluding carboxylic acids is 2. The summed E-state index contributed by atoms with van der Waals surface area (Å²) < 4.78 is 21.2. The van der Waals surface area contributed by atoms with E-state index in [0.717, 1.165) is 6.29 Å². The van der Waals surface area contributed by atoms with Gasteiger partial charge in [0.25, 0.3) is 0 Å². The standard InChI is InChI=1S/C26H15ClFN5O3/c27-19-10-17(36-23-3-1-2-15(11-29)24(23)28)5-7-22(19)33-26(30)18(12-31-33)25(35)21-9-16-8-14(13-34)4-6-20(16)32-21/h1-10,12-13,32H,30H2. The highest BCUT2D eigenvalue weighted by molar-refractivity contribution is 6.32. The lowest BCUT2D eigenvalue weighted by molar-refractivity contribution is 0.103. The van der Waals surface area contributed by atoms with E-state index in [1.807, 2.05) is 0 Å². The molecule has 0 saturated carbocycles. The van der Waals surface area contributed by atoms with Crippen LogP contribution in [0.1, 0.15) is 32.0 Å². The van der Waals surface area contributed by atoms with Crippen LogP contribution in [0.3, 0.4) is 0 Å². The molecular formula is C26H15ClFN5O3. The van der Waals surface area contributed by atoms with Gasteiger partial charge in [-0.3, -0.25) is 9.59 Å². The number of H-pyrrole nitrogens is 1. The third-order valence-corrected chi connectivity index (χ3v) is 5.84.